The molecular weight excluding hydrogens is 292 g/mol. The van der Waals surface area contributed by atoms with Gasteiger partial charge in [0.25, 0.3) is 0 Å². The van der Waals surface area contributed by atoms with Crippen molar-refractivity contribution in [2.24, 2.45) is 0 Å². The monoisotopic (exact) mass is 302 g/mol. The van der Waals surface area contributed by atoms with E-state index in [1.54, 1.807) is 12.3 Å². The maximum absolute atomic E-state index is 6.06. The zero-order valence-electron chi connectivity index (χ0n) is 10.4. The smallest absolute Gasteiger partial charge is 0.155 e. The summed E-state index contributed by atoms with van der Waals surface area (Å²) < 4.78 is 3.15. The Hall–Kier alpha value is -1.98. The molecular formula is C14H11ClN4S. The molecule has 20 heavy (non-hydrogen) atoms. The number of halogens is 1. The fourth-order valence-electron chi connectivity index (χ4n) is 1.70. The average molecular weight is 303 g/mol. The number of rotatable bonds is 3. The Kier molecular flexibility index (Phi) is 3.62. The number of hydrogen-bond donors (Lipinski definition) is 2. The van der Waals surface area contributed by atoms with Crippen molar-refractivity contribution in [1.82, 2.24) is 9.97 Å². The summed E-state index contributed by atoms with van der Waals surface area (Å²) in [5.41, 5.74) is 7.86. The zero-order chi connectivity index (χ0) is 13.9. The fourth-order valence-corrected chi connectivity index (χ4v) is 2.51. The first-order valence-corrected chi connectivity index (χ1v) is 7.11. The van der Waals surface area contributed by atoms with Gasteiger partial charge in [0, 0.05) is 10.6 Å². The normalized spacial score (nSPS) is 10.7. The van der Waals surface area contributed by atoms with E-state index >= 15 is 0 Å². The molecule has 1 aromatic heterocycles. The third kappa shape index (κ3) is 2.79. The van der Waals surface area contributed by atoms with Gasteiger partial charge in [0.1, 0.15) is 5.52 Å². The van der Waals surface area contributed by atoms with Crippen LogP contribution in [-0.2, 0) is 0 Å². The second-order valence-corrected chi connectivity index (χ2v) is 5.42. The molecule has 0 radical (unpaired) electrons. The van der Waals surface area contributed by atoms with Crippen LogP contribution in [0.2, 0.25) is 5.02 Å². The van der Waals surface area contributed by atoms with Crippen molar-refractivity contribution in [2.45, 2.75) is 4.90 Å². The predicted octanol–water partition coefficient (Wildman–Crippen LogP) is 3.98. The second kappa shape index (κ2) is 5.56. The van der Waals surface area contributed by atoms with Gasteiger partial charge in [-0.05, 0) is 48.3 Å². The van der Waals surface area contributed by atoms with Crippen LogP contribution >= 0.6 is 23.5 Å². The number of para-hydroxylation sites is 1. The standard InChI is InChI=1S/C14H11ClN4S/c15-11-2-1-3-12-14(11)17-8-13(18-12)19-20-10-6-4-9(16)5-7-10/h1-8H,16H2,(H,18,19). The molecule has 0 amide bonds. The molecule has 0 saturated heterocycles. The van der Waals surface area contributed by atoms with Gasteiger partial charge < -0.3 is 10.5 Å². The molecule has 0 aliphatic heterocycles. The number of nitrogens with zero attached hydrogens (tertiary/aromatic N) is 2. The zero-order valence-corrected chi connectivity index (χ0v) is 11.9. The second-order valence-electron chi connectivity index (χ2n) is 4.14. The summed E-state index contributed by atoms with van der Waals surface area (Å²) in [6.45, 7) is 0. The number of nitrogen functional groups attached to an aromatic ring is 1. The predicted molar refractivity (Wildman–Crippen MR) is 84.9 cm³/mol. The number of aromatic nitrogens is 2. The molecule has 1 heterocycles. The number of fused-ring (bicyclic) bond motifs is 1. The molecule has 0 aliphatic rings. The van der Waals surface area contributed by atoms with Crippen molar-refractivity contribution in [3.05, 3.63) is 53.7 Å². The minimum atomic E-state index is 0.604. The van der Waals surface area contributed by atoms with Gasteiger partial charge in [0.2, 0.25) is 0 Å². The van der Waals surface area contributed by atoms with Crippen molar-refractivity contribution < 1.29 is 0 Å². The Bertz CT molecular complexity index is 746. The lowest BCUT2D eigenvalue weighted by molar-refractivity contribution is 1.30. The van der Waals surface area contributed by atoms with Crippen molar-refractivity contribution in [2.75, 3.05) is 10.5 Å². The highest BCUT2D eigenvalue weighted by Gasteiger charge is 2.03. The van der Waals surface area contributed by atoms with Crippen molar-refractivity contribution >= 4 is 46.1 Å². The molecule has 0 unspecified atom stereocenters. The maximum atomic E-state index is 6.06. The molecule has 3 N–H and O–H groups in total. The van der Waals surface area contributed by atoms with Crippen LogP contribution in [0.5, 0.6) is 0 Å². The van der Waals surface area contributed by atoms with Crippen LogP contribution in [0.3, 0.4) is 0 Å². The summed E-state index contributed by atoms with van der Waals surface area (Å²) in [4.78, 5) is 9.83. The van der Waals surface area contributed by atoms with E-state index in [4.69, 9.17) is 17.3 Å². The maximum Gasteiger partial charge on any atom is 0.155 e. The summed E-state index contributed by atoms with van der Waals surface area (Å²) >= 11 is 7.51. The summed E-state index contributed by atoms with van der Waals surface area (Å²) in [5.74, 6) is 0.682. The molecule has 0 spiro atoms. The number of hydrogen-bond acceptors (Lipinski definition) is 5. The van der Waals surface area contributed by atoms with E-state index in [9.17, 15) is 0 Å². The molecule has 100 valence electrons. The van der Waals surface area contributed by atoms with Crippen molar-refractivity contribution in [3.63, 3.8) is 0 Å². The van der Waals surface area contributed by atoms with Gasteiger partial charge in [-0.1, -0.05) is 17.7 Å². The van der Waals surface area contributed by atoms with E-state index in [-0.39, 0.29) is 0 Å². The first kappa shape index (κ1) is 13.0. The lowest BCUT2D eigenvalue weighted by Gasteiger charge is -2.06. The molecule has 0 fully saturated rings. The third-order valence-electron chi connectivity index (χ3n) is 2.68. The van der Waals surface area contributed by atoms with E-state index < -0.39 is 0 Å². The van der Waals surface area contributed by atoms with Gasteiger partial charge in [-0.2, -0.15) is 0 Å². The van der Waals surface area contributed by atoms with E-state index in [2.05, 4.69) is 14.7 Å². The minimum absolute atomic E-state index is 0.604. The van der Waals surface area contributed by atoms with Gasteiger partial charge in [0.05, 0.1) is 16.7 Å². The topological polar surface area (TPSA) is 63.8 Å². The molecule has 0 aliphatic carbocycles. The Morgan fingerprint density at radius 2 is 1.90 bits per heavy atom. The molecule has 0 bridgehead atoms. The molecule has 0 atom stereocenters. The summed E-state index contributed by atoms with van der Waals surface area (Å²) in [5, 5.41) is 0.604. The average Bonchev–Trinajstić information content (AvgIpc) is 2.47. The Morgan fingerprint density at radius 3 is 2.70 bits per heavy atom. The van der Waals surface area contributed by atoms with E-state index in [1.165, 1.54) is 11.9 Å². The highest BCUT2D eigenvalue weighted by Crippen LogP contribution is 2.24. The third-order valence-corrected chi connectivity index (χ3v) is 3.80. The molecule has 6 heteroatoms. The first-order chi connectivity index (χ1) is 9.72. The van der Waals surface area contributed by atoms with Crippen LogP contribution in [0.15, 0.2) is 53.6 Å². The van der Waals surface area contributed by atoms with Crippen LogP contribution in [-0.4, -0.2) is 9.97 Å². The van der Waals surface area contributed by atoms with E-state index in [0.717, 1.165) is 16.1 Å². The molecule has 0 saturated carbocycles. The van der Waals surface area contributed by atoms with Crippen molar-refractivity contribution in [3.8, 4) is 0 Å². The van der Waals surface area contributed by atoms with Crippen LogP contribution in [0.4, 0.5) is 11.5 Å². The van der Waals surface area contributed by atoms with Gasteiger partial charge in [-0.3, -0.25) is 0 Å². The van der Waals surface area contributed by atoms with Crippen LogP contribution in [0.1, 0.15) is 0 Å². The summed E-state index contributed by atoms with van der Waals surface area (Å²) in [7, 11) is 0. The Labute approximate surface area is 125 Å². The highest BCUT2D eigenvalue weighted by atomic mass is 35.5. The van der Waals surface area contributed by atoms with E-state index in [0.29, 0.717) is 16.4 Å². The lowest BCUT2D eigenvalue weighted by atomic mass is 10.3. The van der Waals surface area contributed by atoms with Crippen LogP contribution in [0.25, 0.3) is 11.0 Å². The SMILES string of the molecule is Nc1ccc(SNc2cnc3c(Cl)cccc3n2)cc1. The summed E-state index contributed by atoms with van der Waals surface area (Å²) in [6, 6.07) is 13.1. The molecule has 2 aromatic carbocycles. The number of anilines is 2. The highest BCUT2D eigenvalue weighted by molar-refractivity contribution is 8.00. The van der Waals surface area contributed by atoms with Gasteiger partial charge in [-0.15, -0.1) is 0 Å². The van der Waals surface area contributed by atoms with E-state index in [1.807, 2.05) is 36.4 Å². The number of nitrogens with two attached hydrogens (primary N) is 1. The fraction of sp³-hybridized carbons (Fsp3) is 0. The first-order valence-electron chi connectivity index (χ1n) is 5.92. The minimum Gasteiger partial charge on any atom is -0.399 e. The number of benzene rings is 2. The van der Waals surface area contributed by atoms with Crippen LogP contribution in [0, 0.1) is 0 Å². The quantitative estimate of drug-likeness (QED) is 0.566. The Balaban J connectivity index is 1.79. The van der Waals surface area contributed by atoms with Crippen molar-refractivity contribution in [1.29, 1.82) is 0 Å². The molecule has 4 nitrogen and oxygen atoms in total. The van der Waals surface area contributed by atoms with Crippen LogP contribution < -0.4 is 10.5 Å². The van der Waals surface area contributed by atoms with Gasteiger partial charge in [-0.25, -0.2) is 9.97 Å². The Morgan fingerprint density at radius 1 is 1.10 bits per heavy atom. The van der Waals surface area contributed by atoms with Gasteiger partial charge in [0.15, 0.2) is 5.82 Å². The molecule has 3 aromatic rings. The molecule has 3 rings (SSSR count). The van der Waals surface area contributed by atoms with Gasteiger partial charge >= 0.3 is 0 Å². The number of nitrogens with one attached hydrogen (secondary N) is 1. The summed E-state index contributed by atoms with van der Waals surface area (Å²) in [6.07, 6.45) is 1.67. The largest absolute Gasteiger partial charge is 0.399 e. The lowest BCUT2D eigenvalue weighted by Crippen LogP contribution is -1.93.